The fourth-order valence-corrected chi connectivity index (χ4v) is 6.51. The Morgan fingerprint density at radius 2 is 1.32 bits per heavy atom. The number of benzene rings is 4. The Morgan fingerprint density at radius 3 is 1.89 bits per heavy atom. The Labute approximate surface area is 355 Å². The van der Waals surface area contributed by atoms with E-state index in [2.05, 4.69) is 40.4 Å². The minimum Gasteiger partial charge on any atom is -0.491 e. The van der Waals surface area contributed by atoms with Crippen molar-refractivity contribution in [1.82, 2.24) is 5.32 Å². The second-order valence-corrected chi connectivity index (χ2v) is 14.1. The largest absolute Gasteiger partial charge is 0.491 e. The Kier molecular flexibility index (Phi) is 16.3. The van der Waals surface area contributed by atoms with Crippen molar-refractivity contribution in [3.63, 3.8) is 0 Å². The molecule has 62 heavy (non-hydrogen) atoms. The predicted molar refractivity (Wildman–Crippen MR) is 226 cm³/mol. The van der Waals surface area contributed by atoms with Gasteiger partial charge in [0.15, 0.2) is 23.0 Å². The zero-order chi connectivity index (χ0) is 45.4. The summed E-state index contributed by atoms with van der Waals surface area (Å²) in [7, 11) is -1.83. The lowest BCUT2D eigenvalue weighted by Crippen LogP contribution is -2.43. The zero-order valence-electron chi connectivity index (χ0n) is 33.3. The van der Waals surface area contributed by atoms with Crippen LogP contribution in [0.3, 0.4) is 0 Å². The predicted octanol–water partition coefficient (Wildman–Crippen LogP) is 5.79. The van der Waals surface area contributed by atoms with Crippen molar-refractivity contribution in [1.29, 1.82) is 5.26 Å². The minimum absolute atomic E-state index is 0.00394. The molecule has 1 atom stereocenters. The Morgan fingerprint density at radius 1 is 0.758 bits per heavy atom. The smallest absolute Gasteiger partial charge is 0.342 e. The summed E-state index contributed by atoms with van der Waals surface area (Å²) >= 11 is 0. The standard InChI is InChI=1S/C42H40N6O13S/c1-6-23-59-35-30(40(50)45-32-19-18-31(42(52)61-25-8-3)36(37(32)57-4)60-24-7-2)17-20-33(38(35)58-5)47-62(55,56)29-15-11-27(12-16-29)44-41(51)34(21-22-43)46-39(49)26-9-13-28(14-10-26)48(53)54/h6-20,34,47H,1-3,21,23-25H2,4-5H3,(H,44,51)(H,45,50)(H,46,49)/t34-/m0/s1. The van der Waals surface area contributed by atoms with E-state index < -0.39 is 51.1 Å². The number of nitro benzene ring substituents is 1. The van der Waals surface area contributed by atoms with Crippen molar-refractivity contribution in [2.75, 3.05) is 49.4 Å². The molecule has 322 valence electrons. The van der Waals surface area contributed by atoms with E-state index in [-0.39, 0.29) is 87.2 Å². The molecular formula is C42H40N6O13S. The Bertz CT molecular complexity index is 2520. The van der Waals surface area contributed by atoms with Gasteiger partial charge in [-0.2, -0.15) is 5.26 Å². The third-order valence-electron chi connectivity index (χ3n) is 8.30. The number of rotatable bonds is 22. The lowest BCUT2D eigenvalue weighted by Gasteiger charge is -2.20. The Hall–Kier alpha value is -8.18. The first kappa shape index (κ1) is 46.5. The SMILES string of the molecule is C=CCOC(=O)c1ccc(NC(=O)c2ccc(NS(=O)(=O)c3ccc(NC(=O)[C@H](CC#N)NC(=O)c4ccc([N+](=O)[O-])cc4)cc3)c(OC)c2OCC=C)c(OC)c1OCC=C. The van der Waals surface area contributed by atoms with E-state index in [0.29, 0.717) is 0 Å². The highest BCUT2D eigenvalue weighted by atomic mass is 32.2. The van der Waals surface area contributed by atoms with Crippen molar-refractivity contribution in [3.8, 4) is 29.1 Å². The molecule has 0 aromatic heterocycles. The van der Waals surface area contributed by atoms with E-state index in [1.54, 1.807) is 0 Å². The number of sulfonamides is 1. The van der Waals surface area contributed by atoms with Crippen LogP contribution in [0.2, 0.25) is 0 Å². The number of nitriles is 1. The van der Waals surface area contributed by atoms with E-state index in [1.807, 2.05) is 6.07 Å². The van der Waals surface area contributed by atoms with Gasteiger partial charge in [0.25, 0.3) is 27.5 Å². The minimum atomic E-state index is -4.37. The highest BCUT2D eigenvalue weighted by Crippen LogP contribution is 2.42. The molecule has 0 fully saturated rings. The molecule has 0 saturated carbocycles. The monoisotopic (exact) mass is 868 g/mol. The number of esters is 1. The number of amides is 3. The number of ether oxygens (including phenoxy) is 5. The number of carbonyl (C=O) groups excluding carboxylic acids is 4. The molecule has 0 aliphatic heterocycles. The summed E-state index contributed by atoms with van der Waals surface area (Å²) in [5.74, 6) is -3.44. The molecular weight excluding hydrogens is 829 g/mol. The highest BCUT2D eigenvalue weighted by molar-refractivity contribution is 7.92. The lowest BCUT2D eigenvalue weighted by molar-refractivity contribution is -0.384. The maximum atomic E-state index is 13.9. The molecule has 4 aromatic rings. The van der Waals surface area contributed by atoms with E-state index in [0.717, 1.165) is 12.1 Å². The van der Waals surface area contributed by atoms with Gasteiger partial charge in [-0.1, -0.05) is 38.0 Å². The Balaban J connectivity index is 1.56. The molecule has 4 N–H and O–H groups in total. The van der Waals surface area contributed by atoms with Crippen molar-refractivity contribution >= 4 is 56.5 Å². The molecule has 0 bridgehead atoms. The number of carbonyl (C=O) groups is 4. The second kappa shape index (κ2) is 21.7. The molecule has 4 aromatic carbocycles. The summed E-state index contributed by atoms with van der Waals surface area (Å²) < 4.78 is 57.5. The van der Waals surface area contributed by atoms with Gasteiger partial charge in [0.1, 0.15) is 31.4 Å². The summed E-state index contributed by atoms with van der Waals surface area (Å²) in [6.45, 7) is 10.6. The van der Waals surface area contributed by atoms with Crippen molar-refractivity contribution in [3.05, 3.63) is 138 Å². The number of hydrogen-bond acceptors (Lipinski definition) is 14. The number of nitro groups is 1. The van der Waals surface area contributed by atoms with Crippen LogP contribution in [0.15, 0.2) is 116 Å². The van der Waals surface area contributed by atoms with Crippen LogP contribution < -0.4 is 39.6 Å². The normalized spacial score (nSPS) is 11.0. The zero-order valence-corrected chi connectivity index (χ0v) is 34.1. The van der Waals surface area contributed by atoms with Crippen LogP contribution in [0.1, 0.15) is 37.5 Å². The number of anilines is 3. The molecule has 4 rings (SSSR count). The van der Waals surface area contributed by atoms with Gasteiger partial charge in [0.05, 0.1) is 53.5 Å². The van der Waals surface area contributed by atoms with Gasteiger partial charge in [-0.05, 0) is 60.7 Å². The van der Waals surface area contributed by atoms with Crippen molar-refractivity contribution < 1.29 is 56.2 Å². The average molecular weight is 869 g/mol. The number of nitrogens with one attached hydrogen (secondary N) is 4. The molecule has 0 heterocycles. The summed E-state index contributed by atoms with van der Waals surface area (Å²) in [5.41, 5.74) is -0.246. The van der Waals surface area contributed by atoms with Crippen molar-refractivity contribution in [2.24, 2.45) is 0 Å². The number of nitrogens with zero attached hydrogens (tertiary/aromatic N) is 2. The topological polar surface area (TPSA) is 264 Å². The fourth-order valence-electron chi connectivity index (χ4n) is 5.45. The quantitative estimate of drug-likeness (QED) is 0.0316. The van der Waals surface area contributed by atoms with E-state index in [1.165, 1.54) is 93.1 Å². The van der Waals surface area contributed by atoms with Crippen LogP contribution in [0, 0.1) is 21.4 Å². The second-order valence-electron chi connectivity index (χ2n) is 12.4. The molecule has 0 radical (unpaired) electrons. The number of methoxy groups -OCH3 is 2. The van der Waals surface area contributed by atoms with Gasteiger partial charge in [-0.15, -0.1) is 0 Å². The van der Waals surface area contributed by atoms with Gasteiger partial charge in [-0.3, -0.25) is 29.2 Å². The van der Waals surface area contributed by atoms with E-state index in [4.69, 9.17) is 23.7 Å². The van der Waals surface area contributed by atoms with Crippen LogP contribution in [0.25, 0.3) is 0 Å². The average Bonchev–Trinajstić information content (AvgIpc) is 3.26. The maximum Gasteiger partial charge on any atom is 0.342 e. The van der Waals surface area contributed by atoms with Gasteiger partial charge >= 0.3 is 5.97 Å². The lowest BCUT2D eigenvalue weighted by atomic mass is 10.1. The summed E-state index contributed by atoms with van der Waals surface area (Å²) in [4.78, 5) is 62.5. The molecule has 19 nitrogen and oxygen atoms in total. The first-order valence-corrected chi connectivity index (χ1v) is 19.6. The summed E-state index contributed by atoms with van der Waals surface area (Å²) in [5, 5.41) is 27.8. The van der Waals surface area contributed by atoms with Gasteiger partial charge in [-0.25, -0.2) is 13.2 Å². The van der Waals surface area contributed by atoms with Crippen LogP contribution in [0.4, 0.5) is 22.7 Å². The first-order chi connectivity index (χ1) is 29.7. The highest BCUT2D eigenvalue weighted by Gasteiger charge is 2.28. The molecule has 0 unspecified atom stereocenters. The van der Waals surface area contributed by atoms with Crippen molar-refractivity contribution in [2.45, 2.75) is 17.4 Å². The van der Waals surface area contributed by atoms with Crippen LogP contribution >= 0.6 is 0 Å². The van der Waals surface area contributed by atoms with Gasteiger partial charge < -0.3 is 39.6 Å². The fraction of sp³-hybridized carbons (Fsp3) is 0.167. The first-order valence-electron chi connectivity index (χ1n) is 18.1. The van der Waals surface area contributed by atoms with Gasteiger partial charge in [0.2, 0.25) is 5.91 Å². The molecule has 0 spiro atoms. The van der Waals surface area contributed by atoms with Crippen LogP contribution in [0.5, 0.6) is 23.0 Å². The van der Waals surface area contributed by atoms with E-state index in [9.17, 15) is 43.0 Å². The van der Waals surface area contributed by atoms with Gasteiger partial charge in [0, 0.05) is 23.4 Å². The van der Waals surface area contributed by atoms with E-state index >= 15 is 0 Å². The molecule has 20 heteroatoms. The molecule has 0 saturated heterocycles. The maximum absolute atomic E-state index is 13.9. The summed E-state index contributed by atoms with van der Waals surface area (Å²) in [6, 6.07) is 15.3. The molecule has 0 aliphatic carbocycles. The number of hydrogen-bond donors (Lipinski definition) is 4. The number of non-ortho nitro benzene ring substituents is 1. The third-order valence-corrected chi connectivity index (χ3v) is 9.68. The van der Waals surface area contributed by atoms with Crippen LogP contribution in [-0.2, 0) is 19.6 Å². The molecule has 0 aliphatic rings. The molecule has 3 amide bonds. The van der Waals surface area contributed by atoms with Crippen LogP contribution in [-0.4, -0.2) is 77.1 Å². The third kappa shape index (κ3) is 11.5. The summed E-state index contributed by atoms with van der Waals surface area (Å²) in [6.07, 6.45) is 3.80.